The second-order valence-electron chi connectivity index (χ2n) is 5.46. The zero-order chi connectivity index (χ0) is 14.8. The molecule has 0 spiro atoms. The number of nitrogens with two attached hydrogens (primary N) is 1. The zero-order valence-corrected chi connectivity index (χ0v) is 13.6. The third-order valence-corrected chi connectivity index (χ3v) is 6.89. The summed E-state index contributed by atoms with van der Waals surface area (Å²) in [6.07, 6.45) is 0.956. The monoisotopic (exact) mass is 314 g/mol. The molecule has 1 aromatic rings. The number of hydrogen-bond acceptors (Lipinski definition) is 4. The smallest absolute Gasteiger partial charge is 0.215 e. The van der Waals surface area contributed by atoms with Gasteiger partial charge in [0.1, 0.15) is 0 Å². The summed E-state index contributed by atoms with van der Waals surface area (Å²) in [5.41, 5.74) is 6.56. The lowest BCUT2D eigenvalue weighted by molar-refractivity contribution is 0.406. The Hall–Kier alpha value is -0.720. The number of anilines is 1. The normalized spacial score (nSPS) is 24.1. The predicted molar refractivity (Wildman–Crippen MR) is 85.3 cm³/mol. The van der Waals surface area contributed by atoms with Crippen molar-refractivity contribution in [3.05, 3.63) is 24.3 Å². The molecule has 1 fully saturated rings. The number of hydrogen-bond donors (Lipinski definition) is 1. The molecule has 0 amide bonds. The molecule has 0 saturated carbocycles. The van der Waals surface area contributed by atoms with E-state index in [4.69, 9.17) is 5.73 Å². The van der Waals surface area contributed by atoms with Crippen LogP contribution in [0.15, 0.2) is 29.2 Å². The summed E-state index contributed by atoms with van der Waals surface area (Å²) < 4.78 is 26.3. The Morgan fingerprint density at radius 1 is 1.35 bits per heavy atom. The zero-order valence-electron chi connectivity index (χ0n) is 12.0. The molecular formula is C14H22N2O2S2. The highest BCUT2D eigenvalue weighted by atomic mass is 32.2. The fourth-order valence-electron chi connectivity index (χ4n) is 2.64. The Morgan fingerprint density at radius 3 is 2.65 bits per heavy atom. The number of thioether (sulfide) groups is 1. The molecule has 0 radical (unpaired) electrons. The van der Waals surface area contributed by atoms with E-state index in [0.29, 0.717) is 23.9 Å². The minimum atomic E-state index is -3.15. The summed E-state index contributed by atoms with van der Waals surface area (Å²) in [4.78, 5) is 0.950. The van der Waals surface area contributed by atoms with Crippen molar-refractivity contribution in [3.8, 4) is 0 Å². The van der Waals surface area contributed by atoms with Gasteiger partial charge in [-0.3, -0.25) is 0 Å². The van der Waals surface area contributed by atoms with Crippen LogP contribution in [0.3, 0.4) is 0 Å². The minimum Gasteiger partial charge on any atom is -0.398 e. The lowest BCUT2D eigenvalue weighted by Gasteiger charge is -2.20. The van der Waals surface area contributed by atoms with Crippen LogP contribution in [0.4, 0.5) is 5.69 Å². The van der Waals surface area contributed by atoms with Crippen LogP contribution in [-0.4, -0.2) is 36.8 Å². The molecule has 112 valence electrons. The predicted octanol–water partition coefficient (Wildman–Crippen LogP) is 2.42. The molecule has 6 heteroatoms. The first-order valence-corrected chi connectivity index (χ1v) is 9.46. The molecular weight excluding hydrogens is 292 g/mol. The molecule has 1 aromatic carbocycles. The first kappa shape index (κ1) is 15.7. The van der Waals surface area contributed by atoms with Gasteiger partial charge in [-0.05, 0) is 31.4 Å². The van der Waals surface area contributed by atoms with Gasteiger partial charge in [-0.25, -0.2) is 8.42 Å². The second-order valence-corrected chi connectivity index (χ2v) is 8.64. The maximum absolute atomic E-state index is 12.3. The van der Waals surface area contributed by atoms with Crippen molar-refractivity contribution in [3.63, 3.8) is 0 Å². The quantitative estimate of drug-likeness (QED) is 0.670. The number of rotatable bonds is 5. The lowest BCUT2D eigenvalue weighted by Crippen LogP contribution is -2.36. The van der Waals surface area contributed by atoms with Crippen LogP contribution in [0.2, 0.25) is 0 Å². The number of nitrogen functional groups attached to an aromatic ring is 1. The van der Waals surface area contributed by atoms with Gasteiger partial charge in [0, 0.05) is 28.9 Å². The summed E-state index contributed by atoms with van der Waals surface area (Å²) in [7, 11) is -3.15. The Morgan fingerprint density at radius 2 is 2.05 bits per heavy atom. The topological polar surface area (TPSA) is 63.4 Å². The van der Waals surface area contributed by atoms with Crippen molar-refractivity contribution in [2.24, 2.45) is 5.92 Å². The van der Waals surface area contributed by atoms with Gasteiger partial charge in [0.15, 0.2) is 0 Å². The van der Waals surface area contributed by atoms with Crippen LogP contribution in [0.5, 0.6) is 0 Å². The van der Waals surface area contributed by atoms with Crippen molar-refractivity contribution in [2.75, 3.05) is 23.8 Å². The van der Waals surface area contributed by atoms with E-state index < -0.39 is 10.0 Å². The van der Waals surface area contributed by atoms with E-state index in [0.717, 1.165) is 11.3 Å². The highest BCUT2D eigenvalue weighted by Gasteiger charge is 2.34. The van der Waals surface area contributed by atoms with Crippen LogP contribution >= 0.6 is 11.8 Å². The third kappa shape index (κ3) is 3.68. The lowest BCUT2D eigenvalue weighted by atomic mass is 10.1. The van der Waals surface area contributed by atoms with Crippen molar-refractivity contribution in [1.29, 1.82) is 0 Å². The summed E-state index contributed by atoms with van der Waals surface area (Å²) >= 11 is 1.50. The molecule has 2 unspecified atom stereocenters. The molecule has 2 atom stereocenters. The van der Waals surface area contributed by atoms with Crippen molar-refractivity contribution >= 4 is 27.5 Å². The van der Waals surface area contributed by atoms with E-state index in [9.17, 15) is 8.42 Å². The van der Waals surface area contributed by atoms with E-state index >= 15 is 0 Å². The molecule has 0 bridgehead atoms. The number of nitrogens with zero attached hydrogens (tertiary/aromatic N) is 1. The standard InChI is InChI=1S/C14H22N2O2S2/c1-11-9-12(2)16(10-11)20(17,18)8-7-19-14-6-4-3-5-13(14)15/h3-6,11-12H,7-10,15H2,1-2H3. The largest absolute Gasteiger partial charge is 0.398 e. The molecule has 4 nitrogen and oxygen atoms in total. The van der Waals surface area contributed by atoms with Gasteiger partial charge in [-0.2, -0.15) is 4.31 Å². The minimum absolute atomic E-state index is 0.127. The van der Waals surface area contributed by atoms with Gasteiger partial charge in [0.05, 0.1) is 5.75 Å². The average molecular weight is 314 g/mol. The first-order chi connectivity index (χ1) is 9.40. The number of sulfonamides is 1. The molecule has 20 heavy (non-hydrogen) atoms. The maximum atomic E-state index is 12.3. The van der Waals surface area contributed by atoms with Gasteiger partial charge in [-0.1, -0.05) is 19.1 Å². The highest BCUT2D eigenvalue weighted by Crippen LogP contribution is 2.28. The molecule has 1 heterocycles. The van der Waals surface area contributed by atoms with Crippen LogP contribution in [0, 0.1) is 5.92 Å². The second kappa shape index (κ2) is 6.37. The Bertz CT molecular complexity index is 560. The number of benzene rings is 1. The van der Waals surface area contributed by atoms with Crippen LogP contribution < -0.4 is 5.73 Å². The summed E-state index contributed by atoms with van der Waals surface area (Å²) in [5.74, 6) is 1.16. The van der Waals surface area contributed by atoms with Gasteiger partial charge in [0.25, 0.3) is 0 Å². The van der Waals surface area contributed by atoms with E-state index in [-0.39, 0.29) is 11.8 Å². The molecule has 1 saturated heterocycles. The molecule has 0 aliphatic carbocycles. The van der Waals surface area contributed by atoms with Crippen LogP contribution in [0.1, 0.15) is 20.3 Å². The molecule has 1 aliphatic heterocycles. The summed E-state index contributed by atoms with van der Waals surface area (Å²) in [6.45, 7) is 4.75. The van der Waals surface area contributed by atoms with Crippen LogP contribution in [-0.2, 0) is 10.0 Å². The van der Waals surface area contributed by atoms with Crippen molar-refractivity contribution in [1.82, 2.24) is 4.31 Å². The fourth-order valence-corrected chi connectivity index (χ4v) is 5.79. The van der Waals surface area contributed by atoms with Crippen molar-refractivity contribution in [2.45, 2.75) is 31.2 Å². The highest BCUT2D eigenvalue weighted by molar-refractivity contribution is 8.00. The summed E-state index contributed by atoms with van der Waals surface area (Å²) in [6, 6.07) is 7.68. The number of para-hydroxylation sites is 1. The van der Waals surface area contributed by atoms with Crippen molar-refractivity contribution < 1.29 is 8.42 Å². The Labute approximate surface area is 125 Å². The molecule has 2 N–H and O–H groups in total. The van der Waals surface area contributed by atoms with Gasteiger partial charge in [0.2, 0.25) is 10.0 Å². The van der Waals surface area contributed by atoms with Gasteiger partial charge < -0.3 is 5.73 Å². The van der Waals surface area contributed by atoms with E-state index in [2.05, 4.69) is 6.92 Å². The first-order valence-electron chi connectivity index (χ1n) is 6.87. The molecule has 2 rings (SSSR count). The average Bonchev–Trinajstić information content (AvgIpc) is 2.72. The fraction of sp³-hybridized carbons (Fsp3) is 0.571. The van der Waals surface area contributed by atoms with E-state index in [1.54, 1.807) is 4.31 Å². The van der Waals surface area contributed by atoms with E-state index in [1.807, 2.05) is 31.2 Å². The molecule has 1 aliphatic rings. The van der Waals surface area contributed by atoms with Gasteiger partial charge >= 0.3 is 0 Å². The SMILES string of the molecule is CC1CC(C)N(S(=O)(=O)CCSc2ccccc2N)C1. The van der Waals surface area contributed by atoms with Crippen LogP contribution in [0.25, 0.3) is 0 Å². The maximum Gasteiger partial charge on any atom is 0.215 e. The Kier molecular flexibility index (Phi) is 4.99. The van der Waals surface area contributed by atoms with Gasteiger partial charge in [-0.15, -0.1) is 11.8 Å². The molecule has 0 aromatic heterocycles. The van der Waals surface area contributed by atoms with E-state index in [1.165, 1.54) is 11.8 Å². The summed E-state index contributed by atoms with van der Waals surface area (Å²) in [5, 5.41) is 0. The third-order valence-electron chi connectivity index (χ3n) is 3.60. The Balaban J connectivity index is 1.92.